The molecule has 0 aliphatic heterocycles. The lowest BCUT2D eigenvalue weighted by atomic mass is 10.1. The first-order chi connectivity index (χ1) is 6.34. The van der Waals surface area contributed by atoms with Gasteiger partial charge in [-0.05, 0) is 32.1 Å². The summed E-state index contributed by atoms with van der Waals surface area (Å²) in [4.78, 5) is 15.3. The standard InChI is InChI=1S/C10H14N2O.ClH/c1-11-6-3-5-10(13)9-4-2-7-12-8-9;/h2,4,7-8,11H,3,5-6H2,1H3;1H. The minimum atomic E-state index is 0. The summed E-state index contributed by atoms with van der Waals surface area (Å²) in [7, 11) is 1.88. The molecule has 0 atom stereocenters. The number of carbonyl (C=O) groups excluding carboxylic acids is 1. The van der Waals surface area contributed by atoms with Crippen molar-refractivity contribution in [3.8, 4) is 0 Å². The van der Waals surface area contributed by atoms with Gasteiger partial charge in [0.1, 0.15) is 0 Å². The van der Waals surface area contributed by atoms with E-state index in [-0.39, 0.29) is 18.2 Å². The maximum atomic E-state index is 11.5. The number of halogens is 1. The molecule has 14 heavy (non-hydrogen) atoms. The zero-order valence-electron chi connectivity index (χ0n) is 8.19. The maximum Gasteiger partial charge on any atom is 0.164 e. The number of carbonyl (C=O) groups is 1. The molecule has 0 spiro atoms. The Bertz CT molecular complexity index is 264. The van der Waals surface area contributed by atoms with Crippen molar-refractivity contribution >= 4 is 18.2 Å². The summed E-state index contributed by atoms with van der Waals surface area (Å²) >= 11 is 0. The summed E-state index contributed by atoms with van der Waals surface area (Å²) in [6.07, 6.45) is 4.75. The Morgan fingerprint density at radius 2 is 2.36 bits per heavy atom. The van der Waals surface area contributed by atoms with Gasteiger partial charge in [-0.25, -0.2) is 0 Å². The van der Waals surface area contributed by atoms with E-state index >= 15 is 0 Å². The minimum absolute atomic E-state index is 0. The van der Waals surface area contributed by atoms with Crippen LogP contribution in [0, 0.1) is 0 Å². The Labute approximate surface area is 90.3 Å². The van der Waals surface area contributed by atoms with Crippen LogP contribution in [0.4, 0.5) is 0 Å². The van der Waals surface area contributed by atoms with Crippen molar-refractivity contribution in [3.63, 3.8) is 0 Å². The Morgan fingerprint density at radius 3 is 2.93 bits per heavy atom. The highest BCUT2D eigenvalue weighted by molar-refractivity contribution is 5.95. The first-order valence-corrected chi connectivity index (χ1v) is 4.42. The molecule has 0 saturated carbocycles. The van der Waals surface area contributed by atoms with E-state index in [0.29, 0.717) is 12.0 Å². The lowest BCUT2D eigenvalue weighted by molar-refractivity contribution is 0.0980. The normalized spacial score (nSPS) is 9.21. The number of rotatable bonds is 5. The molecule has 0 radical (unpaired) electrons. The van der Waals surface area contributed by atoms with Crippen molar-refractivity contribution in [3.05, 3.63) is 30.1 Å². The summed E-state index contributed by atoms with van der Waals surface area (Å²) in [5.41, 5.74) is 0.707. The summed E-state index contributed by atoms with van der Waals surface area (Å²) < 4.78 is 0. The Balaban J connectivity index is 0.00000169. The number of hydrogen-bond donors (Lipinski definition) is 1. The van der Waals surface area contributed by atoms with E-state index in [1.54, 1.807) is 24.5 Å². The highest BCUT2D eigenvalue weighted by Crippen LogP contribution is 2.02. The molecule has 1 aromatic rings. The summed E-state index contributed by atoms with van der Waals surface area (Å²) in [6.45, 7) is 0.881. The number of nitrogens with zero attached hydrogens (tertiary/aromatic N) is 1. The third-order valence-electron chi connectivity index (χ3n) is 1.81. The molecular weight excluding hydrogens is 200 g/mol. The second kappa shape index (κ2) is 7.47. The van der Waals surface area contributed by atoms with Crippen LogP contribution in [-0.4, -0.2) is 24.4 Å². The molecule has 4 heteroatoms. The molecule has 1 rings (SSSR count). The van der Waals surface area contributed by atoms with Crippen molar-refractivity contribution in [2.24, 2.45) is 0 Å². The van der Waals surface area contributed by atoms with Crippen molar-refractivity contribution in [1.82, 2.24) is 10.3 Å². The van der Waals surface area contributed by atoms with Crippen molar-refractivity contribution in [1.29, 1.82) is 0 Å². The number of Topliss-reactive ketones (excluding diaryl/α,β-unsaturated/α-hetero) is 1. The number of ketones is 1. The van der Waals surface area contributed by atoms with E-state index in [9.17, 15) is 4.79 Å². The fourth-order valence-electron chi connectivity index (χ4n) is 1.10. The first kappa shape index (κ1) is 13.1. The van der Waals surface area contributed by atoms with Crippen LogP contribution in [0.5, 0.6) is 0 Å². The molecule has 78 valence electrons. The van der Waals surface area contributed by atoms with Crippen LogP contribution in [0.2, 0.25) is 0 Å². The molecule has 1 aromatic heterocycles. The lowest BCUT2D eigenvalue weighted by Gasteiger charge is -1.99. The van der Waals surface area contributed by atoms with E-state index < -0.39 is 0 Å². The second-order valence-electron chi connectivity index (χ2n) is 2.87. The zero-order valence-corrected chi connectivity index (χ0v) is 9.01. The summed E-state index contributed by atoms with van der Waals surface area (Å²) in [5.74, 6) is 0.170. The fraction of sp³-hybridized carbons (Fsp3) is 0.400. The molecule has 3 nitrogen and oxygen atoms in total. The topological polar surface area (TPSA) is 42.0 Å². The average Bonchev–Trinajstić information content (AvgIpc) is 2.19. The van der Waals surface area contributed by atoms with Crippen LogP contribution in [0.3, 0.4) is 0 Å². The van der Waals surface area contributed by atoms with Gasteiger partial charge in [0.25, 0.3) is 0 Å². The van der Waals surface area contributed by atoms with Gasteiger partial charge in [0.2, 0.25) is 0 Å². The van der Waals surface area contributed by atoms with Gasteiger partial charge < -0.3 is 5.32 Å². The smallest absolute Gasteiger partial charge is 0.164 e. The Kier molecular flexibility index (Phi) is 6.98. The van der Waals surface area contributed by atoms with Crippen LogP contribution < -0.4 is 5.32 Å². The van der Waals surface area contributed by atoms with Crippen molar-refractivity contribution in [2.45, 2.75) is 12.8 Å². The zero-order chi connectivity index (χ0) is 9.52. The van der Waals surface area contributed by atoms with E-state index in [1.807, 2.05) is 7.05 Å². The second-order valence-corrected chi connectivity index (χ2v) is 2.87. The maximum absolute atomic E-state index is 11.5. The van der Waals surface area contributed by atoms with Crippen LogP contribution in [0.25, 0.3) is 0 Å². The molecule has 0 bridgehead atoms. The van der Waals surface area contributed by atoms with Gasteiger partial charge in [-0.15, -0.1) is 12.4 Å². The average molecular weight is 215 g/mol. The van der Waals surface area contributed by atoms with Gasteiger partial charge in [-0.1, -0.05) is 0 Å². The first-order valence-electron chi connectivity index (χ1n) is 4.42. The predicted octanol–water partition coefficient (Wildman–Crippen LogP) is 1.69. The highest BCUT2D eigenvalue weighted by Gasteiger charge is 2.03. The minimum Gasteiger partial charge on any atom is -0.320 e. The molecule has 0 saturated heterocycles. The summed E-state index contributed by atoms with van der Waals surface area (Å²) in [5, 5.41) is 3.01. The number of aromatic nitrogens is 1. The van der Waals surface area contributed by atoms with Gasteiger partial charge >= 0.3 is 0 Å². The van der Waals surface area contributed by atoms with Gasteiger partial charge in [-0.2, -0.15) is 0 Å². The van der Waals surface area contributed by atoms with E-state index in [1.165, 1.54) is 0 Å². The molecule has 0 fully saturated rings. The van der Waals surface area contributed by atoms with Crippen molar-refractivity contribution < 1.29 is 4.79 Å². The predicted molar refractivity (Wildman–Crippen MR) is 59.0 cm³/mol. The SMILES string of the molecule is CNCCCC(=O)c1cccnc1.Cl. The van der Waals surface area contributed by atoms with Crippen LogP contribution in [0.15, 0.2) is 24.5 Å². The molecular formula is C10H15ClN2O. The van der Waals surface area contributed by atoms with Gasteiger partial charge in [-0.3, -0.25) is 9.78 Å². The van der Waals surface area contributed by atoms with E-state index in [2.05, 4.69) is 10.3 Å². The van der Waals surface area contributed by atoms with E-state index in [4.69, 9.17) is 0 Å². The molecule has 1 heterocycles. The third-order valence-corrected chi connectivity index (χ3v) is 1.81. The van der Waals surface area contributed by atoms with Crippen LogP contribution in [0.1, 0.15) is 23.2 Å². The Morgan fingerprint density at radius 1 is 1.57 bits per heavy atom. The molecule has 0 aliphatic carbocycles. The molecule has 0 aromatic carbocycles. The molecule has 0 aliphatic rings. The van der Waals surface area contributed by atoms with Gasteiger partial charge in [0, 0.05) is 24.4 Å². The van der Waals surface area contributed by atoms with Crippen LogP contribution >= 0.6 is 12.4 Å². The fourth-order valence-corrected chi connectivity index (χ4v) is 1.10. The monoisotopic (exact) mass is 214 g/mol. The number of nitrogens with one attached hydrogen (secondary N) is 1. The van der Waals surface area contributed by atoms with Crippen molar-refractivity contribution in [2.75, 3.05) is 13.6 Å². The van der Waals surface area contributed by atoms with E-state index in [0.717, 1.165) is 13.0 Å². The van der Waals surface area contributed by atoms with Crippen LogP contribution in [-0.2, 0) is 0 Å². The summed E-state index contributed by atoms with van der Waals surface area (Å²) in [6, 6.07) is 3.58. The quantitative estimate of drug-likeness (QED) is 0.599. The Hall–Kier alpha value is -0.930. The third kappa shape index (κ3) is 4.35. The van der Waals surface area contributed by atoms with Gasteiger partial charge in [0.15, 0.2) is 5.78 Å². The lowest BCUT2D eigenvalue weighted by Crippen LogP contribution is -2.10. The molecule has 1 N–H and O–H groups in total. The highest BCUT2D eigenvalue weighted by atomic mass is 35.5. The molecule has 0 amide bonds. The largest absolute Gasteiger partial charge is 0.320 e. The number of pyridine rings is 1. The number of hydrogen-bond acceptors (Lipinski definition) is 3. The van der Waals surface area contributed by atoms with Gasteiger partial charge in [0.05, 0.1) is 0 Å². The molecule has 0 unspecified atom stereocenters.